The molecule has 2 aromatic rings. The predicted octanol–water partition coefficient (Wildman–Crippen LogP) is 6.00. The van der Waals surface area contributed by atoms with Crippen LogP contribution in [0.5, 0.6) is 5.75 Å². The van der Waals surface area contributed by atoms with Gasteiger partial charge >= 0.3 is 5.97 Å². The second kappa shape index (κ2) is 12.4. The minimum Gasteiger partial charge on any atom is -0.490 e. The van der Waals surface area contributed by atoms with Gasteiger partial charge < -0.3 is 14.6 Å². The van der Waals surface area contributed by atoms with Crippen LogP contribution in [0.4, 0.5) is 0 Å². The second-order valence-electron chi connectivity index (χ2n) is 8.47. The van der Waals surface area contributed by atoms with Crippen LogP contribution in [0.3, 0.4) is 0 Å². The molecule has 172 valence electrons. The van der Waals surface area contributed by atoms with E-state index in [4.69, 9.17) is 9.47 Å². The van der Waals surface area contributed by atoms with E-state index in [1.807, 2.05) is 0 Å². The molecule has 4 nitrogen and oxygen atoms in total. The second-order valence-corrected chi connectivity index (χ2v) is 8.47. The van der Waals surface area contributed by atoms with Crippen LogP contribution in [0.15, 0.2) is 49.1 Å². The van der Waals surface area contributed by atoms with E-state index in [1.165, 1.54) is 54.4 Å². The first-order valence-electron chi connectivity index (χ1n) is 11.9. The van der Waals surface area contributed by atoms with Crippen molar-refractivity contribution in [3.05, 3.63) is 65.7 Å². The van der Waals surface area contributed by atoms with Crippen LogP contribution in [0, 0.1) is 0 Å². The Morgan fingerprint density at radius 2 is 1.84 bits per heavy atom. The maximum absolute atomic E-state index is 11.3. The number of carbonyl (C=O) groups excluding carboxylic acids is 1. The molecule has 1 aliphatic rings. The van der Waals surface area contributed by atoms with E-state index in [0.717, 1.165) is 30.2 Å². The molecule has 0 unspecified atom stereocenters. The molecule has 1 aliphatic carbocycles. The number of carbonyl (C=O) groups is 1. The Hall–Kier alpha value is -2.59. The maximum atomic E-state index is 11.3. The van der Waals surface area contributed by atoms with Gasteiger partial charge in [0.1, 0.15) is 19.0 Å². The van der Waals surface area contributed by atoms with Gasteiger partial charge in [0.25, 0.3) is 0 Å². The highest BCUT2D eigenvalue weighted by Crippen LogP contribution is 2.36. The van der Waals surface area contributed by atoms with Crippen LogP contribution in [-0.4, -0.2) is 30.9 Å². The van der Waals surface area contributed by atoms with E-state index in [0.29, 0.717) is 12.3 Å². The minimum atomic E-state index is -0.450. The Bertz CT molecular complexity index is 879. The van der Waals surface area contributed by atoms with Crippen molar-refractivity contribution in [3.63, 3.8) is 0 Å². The lowest BCUT2D eigenvalue weighted by molar-refractivity contribution is -0.138. The van der Waals surface area contributed by atoms with E-state index in [1.54, 1.807) is 0 Å². The van der Waals surface area contributed by atoms with Gasteiger partial charge in [-0.1, -0.05) is 63.1 Å². The van der Waals surface area contributed by atoms with Crippen molar-refractivity contribution >= 4 is 5.97 Å². The fourth-order valence-electron chi connectivity index (χ4n) is 4.56. The SMILES string of the molecule is C=CC(=O)OCCOc1cc(-c2ccc(C3CCCCC3)cc2)c(CC)cc1CCCO. The minimum absolute atomic E-state index is 0.141. The number of esters is 1. The summed E-state index contributed by atoms with van der Waals surface area (Å²) in [4.78, 5) is 11.3. The van der Waals surface area contributed by atoms with Gasteiger partial charge in [0, 0.05) is 12.7 Å². The van der Waals surface area contributed by atoms with Crippen molar-refractivity contribution in [1.29, 1.82) is 0 Å². The smallest absolute Gasteiger partial charge is 0.330 e. The third kappa shape index (κ3) is 6.46. The average Bonchev–Trinajstić information content (AvgIpc) is 2.85. The van der Waals surface area contributed by atoms with Gasteiger partial charge in [0.15, 0.2) is 0 Å². The standard InChI is InChI=1S/C28H36O4/c1-3-21-19-25(11-8-16-29)27(31-17-18-32-28(30)4-2)20-26(21)24-14-12-23(13-15-24)22-9-6-5-7-10-22/h4,12-15,19-20,22,29H,2-3,5-11,16-18H2,1H3. The largest absolute Gasteiger partial charge is 0.490 e. The van der Waals surface area contributed by atoms with Gasteiger partial charge in [-0.25, -0.2) is 4.79 Å². The highest BCUT2D eigenvalue weighted by atomic mass is 16.6. The first-order chi connectivity index (χ1) is 15.7. The summed E-state index contributed by atoms with van der Waals surface area (Å²) in [7, 11) is 0. The predicted molar refractivity (Wildman–Crippen MR) is 129 cm³/mol. The first-order valence-corrected chi connectivity index (χ1v) is 11.9. The highest BCUT2D eigenvalue weighted by molar-refractivity contribution is 5.81. The molecule has 1 N–H and O–H groups in total. The van der Waals surface area contributed by atoms with Crippen molar-refractivity contribution in [3.8, 4) is 16.9 Å². The van der Waals surface area contributed by atoms with Crippen LogP contribution in [-0.2, 0) is 22.4 Å². The Balaban J connectivity index is 1.83. The van der Waals surface area contributed by atoms with Gasteiger partial charge in [-0.3, -0.25) is 0 Å². The van der Waals surface area contributed by atoms with Crippen molar-refractivity contribution < 1.29 is 19.4 Å². The van der Waals surface area contributed by atoms with Crippen LogP contribution in [0.2, 0.25) is 0 Å². The summed E-state index contributed by atoms with van der Waals surface area (Å²) >= 11 is 0. The number of ether oxygens (including phenoxy) is 2. The van der Waals surface area contributed by atoms with E-state index in [9.17, 15) is 9.90 Å². The van der Waals surface area contributed by atoms with Crippen LogP contribution in [0.1, 0.15) is 68.1 Å². The molecule has 0 saturated heterocycles. The van der Waals surface area contributed by atoms with Crippen molar-refractivity contribution in [2.24, 2.45) is 0 Å². The van der Waals surface area contributed by atoms with Crippen molar-refractivity contribution in [2.75, 3.05) is 19.8 Å². The summed E-state index contributed by atoms with van der Waals surface area (Å²) in [5.41, 5.74) is 6.17. The van der Waals surface area contributed by atoms with E-state index < -0.39 is 5.97 Å². The van der Waals surface area contributed by atoms with Crippen LogP contribution >= 0.6 is 0 Å². The normalized spacial score (nSPS) is 14.2. The molecule has 0 aromatic heterocycles. The zero-order chi connectivity index (χ0) is 22.8. The monoisotopic (exact) mass is 436 g/mol. The maximum Gasteiger partial charge on any atom is 0.330 e. The molecule has 3 rings (SSSR count). The zero-order valence-electron chi connectivity index (χ0n) is 19.3. The average molecular weight is 437 g/mol. The number of hydrogen-bond donors (Lipinski definition) is 1. The Morgan fingerprint density at radius 1 is 1.09 bits per heavy atom. The molecule has 0 atom stereocenters. The highest BCUT2D eigenvalue weighted by Gasteiger charge is 2.16. The quantitative estimate of drug-likeness (QED) is 0.267. The first kappa shape index (κ1) is 24.1. The summed E-state index contributed by atoms with van der Waals surface area (Å²) in [5.74, 6) is 1.03. The van der Waals surface area contributed by atoms with Gasteiger partial charge in [0.05, 0.1) is 0 Å². The molecule has 32 heavy (non-hydrogen) atoms. The summed E-state index contributed by atoms with van der Waals surface area (Å²) < 4.78 is 11.1. The Morgan fingerprint density at radius 3 is 2.50 bits per heavy atom. The van der Waals surface area contributed by atoms with Crippen molar-refractivity contribution in [1.82, 2.24) is 0 Å². The third-order valence-corrected chi connectivity index (χ3v) is 6.32. The Kier molecular flexibility index (Phi) is 9.36. The lowest BCUT2D eigenvalue weighted by Gasteiger charge is -2.22. The van der Waals surface area contributed by atoms with Gasteiger partial charge in [-0.2, -0.15) is 0 Å². The van der Waals surface area contributed by atoms with E-state index in [-0.39, 0.29) is 19.8 Å². The van der Waals surface area contributed by atoms with Gasteiger partial charge in [0.2, 0.25) is 0 Å². The Labute approximate surface area is 192 Å². The fourth-order valence-corrected chi connectivity index (χ4v) is 4.56. The molecular formula is C28H36O4. The summed E-state index contributed by atoms with van der Waals surface area (Å²) in [6.45, 7) is 6.16. The fraction of sp³-hybridized carbons (Fsp3) is 0.464. The number of aryl methyl sites for hydroxylation is 2. The molecule has 1 saturated carbocycles. The molecule has 0 amide bonds. The molecule has 4 heteroatoms. The summed E-state index contributed by atoms with van der Waals surface area (Å²) in [6.07, 6.45) is 10.1. The number of benzene rings is 2. The summed E-state index contributed by atoms with van der Waals surface area (Å²) in [5, 5.41) is 9.31. The molecule has 0 radical (unpaired) electrons. The molecule has 0 aliphatic heterocycles. The molecule has 1 fully saturated rings. The lowest BCUT2D eigenvalue weighted by atomic mass is 9.83. The molecular weight excluding hydrogens is 400 g/mol. The summed E-state index contributed by atoms with van der Waals surface area (Å²) in [6, 6.07) is 13.4. The number of aliphatic hydroxyl groups excluding tert-OH is 1. The van der Waals surface area contributed by atoms with Gasteiger partial charge in [-0.15, -0.1) is 0 Å². The number of rotatable bonds is 11. The number of hydrogen-bond acceptors (Lipinski definition) is 4. The molecule has 0 heterocycles. The molecule has 0 bridgehead atoms. The van der Waals surface area contributed by atoms with Gasteiger partial charge in [-0.05, 0) is 71.9 Å². The van der Waals surface area contributed by atoms with E-state index >= 15 is 0 Å². The lowest BCUT2D eigenvalue weighted by Crippen LogP contribution is -2.11. The van der Waals surface area contributed by atoms with E-state index in [2.05, 4.69) is 49.9 Å². The van der Waals surface area contributed by atoms with Crippen LogP contribution in [0.25, 0.3) is 11.1 Å². The van der Waals surface area contributed by atoms with Crippen LogP contribution < -0.4 is 4.74 Å². The number of aliphatic hydroxyl groups is 1. The molecule has 0 spiro atoms. The zero-order valence-corrected chi connectivity index (χ0v) is 19.3. The molecule has 2 aromatic carbocycles. The topological polar surface area (TPSA) is 55.8 Å². The third-order valence-electron chi connectivity index (χ3n) is 6.32. The van der Waals surface area contributed by atoms with Crippen molar-refractivity contribution in [2.45, 2.75) is 64.2 Å².